The number of methoxy groups -OCH3 is 1. The number of hydrogen-bond acceptors (Lipinski definition) is 5. The van der Waals surface area contributed by atoms with Crippen LogP contribution in [0.4, 0.5) is 18.9 Å². The van der Waals surface area contributed by atoms with Crippen molar-refractivity contribution in [3.63, 3.8) is 0 Å². The van der Waals surface area contributed by atoms with Gasteiger partial charge in [0, 0.05) is 31.6 Å². The molecule has 0 saturated carbocycles. The SMILES string of the molecule is CCN(C)C=Nc1cc(OC)c(C(O)(C/C(C)=N\OCc2ccccc2)C(F)(F)F)cc1C. The van der Waals surface area contributed by atoms with Crippen molar-refractivity contribution in [3.8, 4) is 5.75 Å². The number of hydrogen-bond donors (Lipinski definition) is 1. The maximum Gasteiger partial charge on any atom is 0.421 e. The first-order valence-corrected chi connectivity index (χ1v) is 10.4. The summed E-state index contributed by atoms with van der Waals surface area (Å²) < 4.78 is 47.7. The Bertz CT molecular complexity index is 978. The van der Waals surface area contributed by atoms with Gasteiger partial charge in [-0.3, -0.25) is 0 Å². The normalized spacial score (nSPS) is 14.3. The summed E-state index contributed by atoms with van der Waals surface area (Å²) in [6.07, 6.45) is -4.23. The lowest BCUT2D eigenvalue weighted by atomic mass is 9.86. The molecule has 0 amide bonds. The molecule has 0 heterocycles. The number of benzene rings is 2. The van der Waals surface area contributed by atoms with Crippen LogP contribution in [-0.2, 0) is 17.0 Å². The fraction of sp³-hybridized carbons (Fsp3) is 0.417. The van der Waals surface area contributed by atoms with Crippen LogP contribution in [0, 0.1) is 6.92 Å². The summed E-state index contributed by atoms with van der Waals surface area (Å²) in [6, 6.07) is 11.7. The molecule has 0 saturated heterocycles. The first kappa shape index (κ1) is 26.2. The Labute approximate surface area is 192 Å². The summed E-state index contributed by atoms with van der Waals surface area (Å²) in [5.74, 6) is -0.121. The highest BCUT2D eigenvalue weighted by Gasteiger charge is 2.56. The first-order chi connectivity index (χ1) is 15.5. The van der Waals surface area contributed by atoms with Crippen LogP contribution in [0.25, 0.3) is 0 Å². The molecule has 1 unspecified atom stereocenters. The molecule has 0 radical (unpaired) electrons. The van der Waals surface area contributed by atoms with Crippen molar-refractivity contribution in [3.05, 3.63) is 59.2 Å². The Kier molecular flexibility index (Phi) is 8.87. The summed E-state index contributed by atoms with van der Waals surface area (Å²) >= 11 is 0. The Morgan fingerprint density at radius 1 is 1.18 bits per heavy atom. The number of aryl methyl sites for hydroxylation is 1. The van der Waals surface area contributed by atoms with E-state index in [1.54, 1.807) is 13.3 Å². The molecular formula is C24H30F3N3O3. The van der Waals surface area contributed by atoms with Gasteiger partial charge in [-0.25, -0.2) is 4.99 Å². The minimum Gasteiger partial charge on any atom is -0.496 e. The van der Waals surface area contributed by atoms with Gasteiger partial charge in [0.2, 0.25) is 0 Å². The fourth-order valence-corrected chi connectivity index (χ4v) is 3.09. The first-order valence-electron chi connectivity index (χ1n) is 10.4. The lowest BCUT2D eigenvalue weighted by molar-refractivity contribution is -0.264. The van der Waals surface area contributed by atoms with E-state index in [2.05, 4.69) is 10.1 Å². The van der Waals surface area contributed by atoms with Crippen LogP contribution in [0.1, 0.15) is 37.0 Å². The number of rotatable bonds is 10. The molecule has 2 aromatic carbocycles. The minimum absolute atomic E-state index is 0.0165. The van der Waals surface area contributed by atoms with Gasteiger partial charge in [-0.05, 0) is 38.0 Å². The number of halogens is 3. The van der Waals surface area contributed by atoms with Gasteiger partial charge in [0.15, 0.2) is 5.60 Å². The zero-order valence-corrected chi connectivity index (χ0v) is 19.5. The van der Waals surface area contributed by atoms with E-state index in [9.17, 15) is 18.3 Å². The van der Waals surface area contributed by atoms with Crippen LogP contribution >= 0.6 is 0 Å². The van der Waals surface area contributed by atoms with Crippen molar-refractivity contribution in [2.75, 3.05) is 20.7 Å². The molecule has 0 spiro atoms. The topological polar surface area (TPSA) is 66.7 Å². The number of alkyl halides is 3. The van der Waals surface area contributed by atoms with Crippen LogP contribution < -0.4 is 4.74 Å². The maximum atomic E-state index is 14.1. The van der Waals surface area contributed by atoms with E-state index < -0.39 is 23.8 Å². The molecule has 2 rings (SSSR count). The molecule has 6 nitrogen and oxygen atoms in total. The highest BCUT2D eigenvalue weighted by Crippen LogP contribution is 2.47. The van der Waals surface area contributed by atoms with E-state index in [1.165, 1.54) is 26.2 Å². The quantitative estimate of drug-likeness (QED) is 0.292. The van der Waals surface area contributed by atoms with Crippen LogP contribution in [0.3, 0.4) is 0 Å². The van der Waals surface area contributed by atoms with Crippen LogP contribution in [0.5, 0.6) is 5.75 Å². The molecule has 0 aliphatic rings. The third-order valence-corrected chi connectivity index (χ3v) is 5.13. The highest BCUT2D eigenvalue weighted by atomic mass is 19.4. The van der Waals surface area contributed by atoms with Gasteiger partial charge in [0.1, 0.15) is 12.4 Å². The monoisotopic (exact) mass is 465 g/mol. The molecule has 0 aliphatic heterocycles. The third kappa shape index (κ3) is 6.71. The summed E-state index contributed by atoms with van der Waals surface area (Å²) in [6.45, 7) is 5.77. The lowest BCUT2D eigenvalue weighted by Gasteiger charge is -2.32. The van der Waals surface area contributed by atoms with Crippen LogP contribution in [0.2, 0.25) is 0 Å². The predicted octanol–water partition coefficient (Wildman–Crippen LogP) is 5.35. The fourth-order valence-electron chi connectivity index (χ4n) is 3.09. The van der Waals surface area contributed by atoms with Crippen LogP contribution in [0.15, 0.2) is 52.6 Å². The molecule has 0 fully saturated rings. The Morgan fingerprint density at radius 2 is 1.85 bits per heavy atom. The second kappa shape index (κ2) is 11.2. The van der Waals surface area contributed by atoms with Crippen LogP contribution in [-0.4, -0.2) is 48.9 Å². The summed E-state index contributed by atoms with van der Waals surface area (Å²) in [5.41, 5.74) is -1.93. The van der Waals surface area contributed by atoms with Gasteiger partial charge < -0.3 is 19.6 Å². The Hall–Kier alpha value is -3.07. The number of nitrogens with zero attached hydrogens (tertiary/aromatic N) is 3. The van der Waals surface area contributed by atoms with Gasteiger partial charge in [-0.15, -0.1) is 0 Å². The summed E-state index contributed by atoms with van der Waals surface area (Å²) in [5, 5.41) is 14.7. The molecule has 2 aromatic rings. The molecule has 1 atom stereocenters. The molecule has 180 valence electrons. The van der Waals surface area contributed by atoms with Crippen molar-refractivity contribution in [2.24, 2.45) is 10.1 Å². The molecule has 9 heteroatoms. The van der Waals surface area contributed by atoms with Gasteiger partial charge in [-0.2, -0.15) is 13.2 Å². The van der Waals surface area contributed by atoms with Gasteiger partial charge in [0.25, 0.3) is 0 Å². The van der Waals surface area contributed by atoms with Crippen molar-refractivity contribution >= 4 is 17.7 Å². The highest BCUT2D eigenvalue weighted by molar-refractivity contribution is 5.83. The van der Waals surface area contributed by atoms with E-state index in [0.717, 1.165) is 12.1 Å². The molecular weight excluding hydrogens is 435 g/mol. The zero-order chi connectivity index (χ0) is 24.6. The van der Waals surface area contributed by atoms with Gasteiger partial charge in [0.05, 0.1) is 24.8 Å². The van der Waals surface area contributed by atoms with E-state index >= 15 is 0 Å². The molecule has 33 heavy (non-hydrogen) atoms. The van der Waals surface area contributed by atoms with E-state index in [-0.39, 0.29) is 18.1 Å². The largest absolute Gasteiger partial charge is 0.496 e. The minimum atomic E-state index is -4.99. The van der Waals surface area contributed by atoms with Crippen molar-refractivity contribution in [1.29, 1.82) is 0 Å². The van der Waals surface area contributed by atoms with Crippen molar-refractivity contribution in [2.45, 2.75) is 45.6 Å². The second-order valence-electron chi connectivity index (χ2n) is 7.78. The van der Waals surface area contributed by atoms with Gasteiger partial charge >= 0.3 is 6.18 Å². The smallest absolute Gasteiger partial charge is 0.421 e. The number of aliphatic hydroxyl groups is 1. The van der Waals surface area contributed by atoms with Crippen molar-refractivity contribution in [1.82, 2.24) is 4.90 Å². The summed E-state index contributed by atoms with van der Waals surface area (Å²) in [4.78, 5) is 11.3. The Morgan fingerprint density at radius 3 is 2.42 bits per heavy atom. The van der Waals surface area contributed by atoms with Gasteiger partial charge in [-0.1, -0.05) is 35.5 Å². The van der Waals surface area contributed by atoms with E-state index in [0.29, 0.717) is 11.3 Å². The number of ether oxygens (including phenoxy) is 1. The van der Waals surface area contributed by atoms with E-state index in [1.807, 2.05) is 49.2 Å². The van der Waals surface area contributed by atoms with E-state index in [4.69, 9.17) is 9.57 Å². The molecule has 0 aromatic heterocycles. The maximum absolute atomic E-state index is 14.1. The zero-order valence-electron chi connectivity index (χ0n) is 19.5. The molecule has 0 bridgehead atoms. The standard InChI is InChI=1S/C24H30F3N3O3/c1-6-30(4)16-28-21-13-22(32-5)20(12-17(21)2)23(31,24(25,26)27)14-18(3)29-33-15-19-10-8-7-9-11-19/h7-13,16,31H,6,14-15H2,1-5H3/b28-16?,29-18-. The number of aliphatic imine (C=N–C) groups is 1. The average Bonchev–Trinajstić information content (AvgIpc) is 2.77. The third-order valence-electron chi connectivity index (χ3n) is 5.13. The second-order valence-corrected chi connectivity index (χ2v) is 7.78. The summed E-state index contributed by atoms with van der Waals surface area (Å²) in [7, 11) is 3.08. The number of oxime groups is 1. The average molecular weight is 466 g/mol. The lowest BCUT2D eigenvalue weighted by Crippen LogP contribution is -2.44. The Balaban J connectivity index is 2.37. The van der Waals surface area contributed by atoms with Crippen molar-refractivity contribution < 1.29 is 27.9 Å². The molecule has 1 N–H and O–H groups in total. The predicted molar refractivity (Wildman–Crippen MR) is 123 cm³/mol. The molecule has 0 aliphatic carbocycles.